The number of nitrogen functional groups attached to an aromatic ring is 1. The third-order valence-corrected chi connectivity index (χ3v) is 2.34. The van der Waals surface area contributed by atoms with E-state index in [1.54, 1.807) is 6.20 Å². The second-order valence-corrected chi connectivity index (χ2v) is 3.63. The molecular formula is C9H17N5O. The van der Waals surface area contributed by atoms with Crippen molar-refractivity contribution in [1.29, 1.82) is 0 Å². The van der Waals surface area contributed by atoms with Gasteiger partial charge in [-0.05, 0) is 13.3 Å². The molecule has 5 N–H and O–H groups in total. The minimum Gasteiger partial charge on any atom is -0.394 e. The van der Waals surface area contributed by atoms with Crippen LogP contribution in [0.2, 0.25) is 0 Å². The molecule has 1 aromatic rings. The minimum atomic E-state index is -0.387. The lowest BCUT2D eigenvalue weighted by Crippen LogP contribution is -2.38. The molecule has 0 bridgehead atoms. The van der Waals surface area contributed by atoms with Gasteiger partial charge in [-0.25, -0.2) is 10.8 Å². The van der Waals surface area contributed by atoms with Gasteiger partial charge < -0.3 is 15.8 Å². The lowest BCUT2D eigenvalue weighted by atomic mass is 10.0. The molecule has 15 heavy (non-hydrogen) atoms. The molecule has 6 nitrogen and oxygen atoms in total. The predicted octanol–water partition coefficient (Wildman–Crippen LogP) is 0.335. The summed E-state index contributed by atoms with van der Waals surface area (Å²) in [6.45, 7) is 3.93. The van der Waals surface area contributed by atoms with Crippen LogP contribution in [-0.4, -0.2) is 27.2 Å². The van der Waals surface area contributed by atoms with Crippen LogP contribution in [-0.2, 0) is 0 Å². The van der Waals surface area contributed by atoms with E-state index in [-0.39, 0.29) is 12.1 Å². The molecule has 0 aliphatic carbocycles. The zero-order valence-corrected chi connectivity index (χ0v) is 8.99. The lowest BCUT2D eigenvalue weighted by Gasteiger charge is -2.27. The molecule has 0 saturated carbocycles. The van der Waals surface area contributed by atoms with Gasteiger partial charge >= 0.3 is 0 Å². The van der Waals surface area contributed by atoms with E-state index in [9.17, 15) is 5.11 Å². The first-order chi connectivity index (χ1) is 7.13. The Morgan fingerprint density at radius 3 is 2.67 bits per heavy atom. The summed E-state index contributed by atoms with van der Waals surface area (Å²) < 4.78 is 0. The van der Waals surface area contributed by atoms with Crippen LogP contribution in [0.4, 0.5) is 11.6 Å². The van der Waals surface area contributed by atoms with Crippen molar-refractivity contribution in [3.05, 3.63) is 12.4 Å². The molecular weight excluding hydrogens is 194 g/mol. The SMILES string of the molecule is CCC(C)(CO)Nc1cncc(NN)n1. The van der Waals surface area contributed by atoms with Crippen molar-refractivity contribution >= 4 is 11.6 Å². The molecule has 0 fully saturated rings. The second kappa shape index (κ2) is 4.90. The van der Waals surface area contributed by atoms with E-state index < -0.39 is 0 Å². The maximum absolute atomic E-state index is 9.22. The minimum absolute atomic E-state index is 0.0332. The molecule has 0 radical (unpaired) electrons. The number of anilines is 2. The fraction of sp³-hybridized carbons (Fsp3) is 0.556. The van der Waals surface area contributed by atoms with Gasteiger partial charge in [0.05, 0.1) is 24.5 Å². The molecule has 1 heterocycles. The highest BCUT2D eigenvalue weighted by molar-refractivity contribution is 5.42. The number of hydrogen-bond donors (Lipinski definition) is 4. The van der Waals surface area contributed by atoms with Crippen molar-refractivity contribution in [3.63, 3.8) is 0 Å². The van der Waals surface area contributed by atoms with Crippen molar-refractivity contribution in [2.24, 2.45) is 5.84 Å². The van der Waals surface area contributed by atoms with Gasteiger partial charge in [0, 0.05) is 0 Å². The molecule has 0 saturated heterocycles. The Balaban J connectivity index is 2.79. The highest BCUT2D eigenvalue weighted by Gasteiger charge is 2.20. The van der Waals surface area contributed by atoms with Crippen molar-refractivity contribution in [2.75, 3.05) is 17.3 Å². The molecule has 84 valence electrons. The van der Waals surface area contributed by atoms with Gasteiger partial charge in [-0.3, -0.25) is 4.98 Å². The number of nitrogens with zero attached hydrogens (tertiary/aromatic N) is 2. The number of aromatic nitrogens is 2. The van der Waals surface area contributed by atoms with Gasteiger partial charge in [0.1, 0.15) is 5.82 Å². The Bertz CT molecular complexity index is 313. The maximum atomic E-state index is 9.22. The maximum Gasteiger partial charge on any atom is 0.160 e. The van der Waals surface area contributed by atoms with Gasteiger partial charge in [-0.1, -0.05) is 6.92 Å². The van der Waals surface area contributed by atoms with E-state index in [1.165, 1.54) is 6.20 Å². The zero-order valence-electron chi connectivity index (χ0n) is 8.99. The number of hydrazine groups is 1. The largest absolute Gasteiger partial charge is 0.394 e. The van der Waals surface area contributed by atoms with E-state index in [1.807, 2.05) is 13.8 Å². The Labute approximate surface area is 88.9 Å². The van der Waals surface area contributed by atoms with E-state index in [0.29, 0.717) is 11.6 Å². The predicted molar refractivity (Wildman–Crippen MR) is 59.2 cm³/mol. The molecule has 0 spiro atoms. The van der Waals surface area contributed by atoms with E-state index >= 15 is 0 Å². The smallest absolute Gasteiger partial charge is 0.160 e. The molecule has 0 aromatic carbocycles. The van der Waals surface area contributed by atoms with Crippen LogP contribution < -0.4 is 16.6 Å². The topological polar surface area (TPSA) is 96.1 Å². The number of rotatable bonds is 5. The molecule has 1 atom stereocenters. The lowest BCUT2D eigenvalue weighted by molar-refractivity contribution is 0.218. The molecule has 0 aliphatic heterocycles. The summed E-state index contributed by atoms with van der Waals surface area (Å²) >= 11 is 0. The average Bonchev–Trinajstić information content (AvgIpc) is 2.29. The first kappa shape index (κ1) is 11.7. The van der Waals surface area contributed by atoms with E-state index in [4.69, 9.17) is 5.84 Å². The molecule has 1 unspecified atom stereocenters. The third kappa shape index (κ3) is 3.03. The van der Waals surface area contributed by atoms with Crippen molar-refractivity contribution in [2.45, 2.75) is 25.8 Å². The first-order valence-electron chi connectivity index (χ1n) is 4.81. The Morgan fingerprint density at radius 2 is 2.13 bits per heavy atom. The van der Waals surface area contributed by atoms with Crippen LogP contribution in [0.1, 0.15) is 20.3 Å². The Hall–Kier alpha value is -1.40. The van der Waals surface area contributed by atoms with Gasteiger partial charge in [0.25, 0.3) is 0 Å². The highest BCUT2D eigenvalue weighted by Crippen LogP contribution is 2.16. The number of nitrogens with one attached hydrogen (secondary N) is 2. The van der Waals surface area contributed by atoms with Crippen LogP contribution in [0.15, 0.2) is 12.4 Å². The molecule has 1 aromatic heterocycles. The monoisotopic (exact) mass is 211 g/mol. The van der Waals surface area contributed by atoms with Crippen LogP contribution in [0.25, 0.3) is 0 Å². The van der Waals surface area contributed by atoms with Crippen LogP contribution >= 0.6 is 0 Å². The zero-order chi connectivity index (χ0) is 11.3. The average molecular weight is 211 g/mol. The van der Waals surface area contributed by atoms with Crippen molar-refractivity contribution in [3.8, 4) is 0 Å². The number of aliphatic hydroxyl groups is 1. The summed E-state index contributed by atoms with van der Waals surface area (Å²) in [6, 6.07) is 0. The molecule has 0 aliphatic rings. The Kier molecular flexibility index (Phi) is 3.81. The quantitative estimate of drug-likeness (QED) is 0.414. The Morgan fingerprint density at radius 1 is 1.47 bits per heavy atom. The highest BCUT2D eigenvalue weighted by atomic mass is 16.3. The number of nitrogens with two attached hydrogens (primary N) is 1. The summed E-state index contributed by atoms with van der Waals surface area (Å²) in [4.78, 5) is 8.11. The first-order valence-corrected chi connectivity index (χ1v) is 4.81. The summed E-state index contributed by atoms with van der Waals surface area (Å²) in [6.07, 6.45) is 3.89. The van der Waals surface area contributed by atoms with E-state index in [0.717, 1.165) is 6.42 Å². The normalized spacial score (nSPS) is 14.4. The standard InChI is InChI=1S/C9H17N5O/c1-3-9(2,6-15)13-7-4-11-5-8(12-7)14-10/h4-5,15H,3,6,10H2,1-2H3,(H2,12,13,14). The van der Waals surface area contributed by atoms with Crippen LogP contribution in [0.5, 0.6) is 0 Å². The van der Waals surface area contributed by atoms with Crippen LogP contribution in [0, 0.1) is 0 Å². The van der Waals surface area contributed by atoms with Gasteiger partial charge in [0.15, 0.2) is 5.82 Å². The summed E-state index contributed by atoms with van der Waals surface area (Å²) in [7, 11) is 0. The number of aliphatic hydroxyl groups excluding tert-OH is 1. The fourth-order valence-corrected chi connectivity index (χ4v) is 1.04. The van der Waals surface area contributed by atoms with Gasteiger partial charge in [0.2, 0.25) is 0 Å². The van der Waals surface area contributed by atoms with Crippen molar-refractivity contribution < 1.29 is 5.11 Å². The summed E-state index contributed by atoms with van der Waals surface area (Å²) in [5.41, 5.74) is 2.03. The molecule has 0 amide bonds. The molecule has 1 rings (SSSR count). The van der Waals surface area contributed by atoms with Gasteiger partial charge in [-0.15, -0.1) is 0 Å². The van der Waals surface area contributed by atoms with E-state index in [2.05, 4.69) is 20.7 Å². The summed E-state index contributed by atoms with van der Waals surface area (Å²) in [5, 5.41) is 12.3. The molecule has 6 heteroatoms. The fourth-order valence-electron chi connectivity index (χ4n) is 1.04. The van der Waals surface area contributed by atoms with Crippen LogP contribution in [0.3, 0.4) is 0 Å². The van der Waals surface area contributed by atoms with Gasteiger partial charge in [-0.2, -0.15) is 0 Å². The number of hydrogen-bond acceptors (Lipinski definition) is 6. The third-order valence-electron chi connectivity index (χ3n) is 2.34. The van der Waals surface area contributed by atoms with Crippen molar-refractivity contribution in [1.82, 2.24) is 9.97 Å². The second-order valence-electron chi connectivity index (χ2n) is 3.63. The summed E-state index contributed by atoms with van der Waals surface area (Å²) in [5.74, 6) is 6.29.